The molecule has 2 aromatic carbocycles. The van der Waals surface area contributed by atoms with Crippen LogP contribution in [0.3, 0.4) is 0 Å². The molecule has 96 valence electrons. The zero-order chi connectivity index (χ0) is 13.4. The topological polar surface area (TPSA) is 24.1 Å². The minimum Gasteiger partial charge on any atom is -0.367 e. The van der Waals surface area contributed by atoms with Crippen LogP contribution in [0.25, 0.3) is 24.0 Å². The number of benzene rings is 2. The fourth-order valence-corrected chi connectivity index (χ4v) is 2.76. The van der Waals surface area contributed by atoms with Crippen molar-refractivity contribution in [3.63, 3.8) is 0 Å². The highest BCUT2D eigenvalue weighted by atomic mass is 14.9. The van der Waals surface area contributed by atoms with Crippen molar-refractivity contribution < 1.29 is 0 Å². The number of nitrogens with one attached hydrogen (secondary N) is 2. The van der Waals surface area contributed by atoms with Gasteiger partial charge in [-0.2, -0.15) is 0 Å². The van der Waals surface area contributed by atoms with Crippen molar-refractivity contribution in [1.29, 1.82) is 0 Å². The van der Waals surface area contributed by atoms with E-state index in [2.05, 4.69) is 59.2 Å². The van der Waals surface area contributed by atoms with Crippen molar-refractivity contribution in [1.82, 2.24) is 10.6 Å². The Kier molecular flexibility index (Phi) is 2.46. The average molecular weight is 258 g/mol. The summed E-state index contributed by atoms with van der Waals surface area (Å²) in [5, 5.41) is 9.00. The molecule has 2 aliphatic heterocycles. The minimum absolute atomic E-state index is 1.16. The summed E-state index contributed by atoms with van der Waals surface area (Å²) >= 11 is 0. The van der Waals surface area contributed by atoms with Crippen LogP contribution in [0.5, 0.6) is 0 Å². The van der Waals surface area contributed by atoms with Crippen LogP contribution in [0.1, 0.15) is 16.7 Å². The molecule has 0 radical (unpaired) electrons. The fourth-order valence-electron chi connectivity index (χ4n) is 2.76. The Bertz CT molecular complexity index is 843. The molecule has 2 N–H and O–H groups in total. The van der Waals surface area contributed by atoms with Gasteiger partial charge in [-0.1, -0.05) is 42.5 Å². The van der Waals surface area contributed by atoms with Crippen LogP contribution in [0.15, 0.2) is 54.9 Å². The second kappa shape index (κ2) is 4.42. The highest BCUT2D eigenvalue weighted by Gasteiger charge is 2.11. The van der Waals surface area contributed by atoms with E-state index in [1.807, 2.05) is 24.7 Å². The Balaban J connectivity index is 2.08. The molecule has 0 amide bonds. The Morgan fingerprint density at radius 2 is 1.60 bits per heavy atom. The molecule has 2 aliphatic rings. The predicted molar refractivity (Wildman–Crippen MR) is 83.4 cm³/mol. The molecular formula is C18H14N2. The first kappa shape index (κ1) is 11.1. The van der Waals surface area contributed by atoms with Gasteiger partial charge in [-0.05, 0) is 34.1 Å². The number of rotatable bonds is 1. The van der Waals surface area contributed by atoms with Gasteiger partial charge in [-0.25, -0.2) is 0 Å². The van der Waals surface area contributed by atoms with Crippen LogP contribution in [0.4, 0.5) is 0 Å². The van der Waals surface area contributed by atoms with Crippen LogP contribution in [-0.4, -0.2) is 0 Å². The van der Waals surface area contributed by atoms with Gasteiger partial charge in [0, 0.05) is 23.8 Å². The average Bonchev–Trinajstić information content (AvgIpc) is 2.55. The van der Waals surface area contributed by atoms with Gasteiger partial charge in [0.1, 0.15) is 0 Å². The van der Waals surface area contributed by atoms with Gasteiger partial charge in [0.25, 0.3) is 0 Å². The molecular weight excluding hydrogens is 244 g/mol. The van der Waals surface area contributed by atoms with Crippen molar-refractivity contribution in [2.24, 2.45) is 0 Å². The largest absolute Gasteiger partial charge is 0.367 e. The molecule has 2 aromatic rings. The zero-order valence-corrected chi connectivity index (χ0v) is 10.9. The number of fused-ring (bicyclic) bond motifs is 3. The molecule has 0 saturated heterocycles. The van der Waals surface area contributed by atoms with Crippen molar-refractivity contribution in [3.8, 4) is 0 Å². The van der Waals surface area contributed by atoms with Crippen LogP contribution < -0.4 is 21.1 Å². The van der Waals surface area contributed by atoms with Gasteiger partial charge in [0.05, 0.1) is 5.70 Å². The summed E-state index contributed by atoms with van der Waals surface area (Å²) in [4.78, 5) is 0. The van der Waals surface area contributed by atoms with Gasteiger partial charge in [0.2, 0.25) is 0 Å². The van der Waals surface area contributed by atoms with Gasteiger partial charge in [-0.15, -0.1) is 0 Å². The standard InChI is InChI=1S/C18H14N2/c1-2-4-13(5-3-1)18-17-7-6-14-12-19-10-8-15(14)16(17)9-11-20-18/h1-12,19-20H. The van der Waals surface area contributed by atoms with E-state index in [0.717, 1.165) is 5.70 Å². The number of hydrogen-bond donors (Lipinski definition) is 2. The summed E-state index contributed by atoms with van der Waals surface area (Å²) in [6.07, 6.45) is 10.3. The summed E-state index contributed by atoms with van der Waals surface area (Å²) in [5.74, 6) is 0. The summed E-state index contributed by atoms with van der Waals surface area (Å²) in [6.45, 7) is 0. The lowest BCUT2D eigenvalue weighted by atomic mass is 9.96. The van der Waals surface area contributed by atoms with Gasteiger partial charge >= 0.3 is 0 Å². The van der Waals surface area contributed by atoms with Gasteiger partial charge in [-0.3, -0.25) is 0 Å². The molecule has 0 aliphatic carbocycles. The Morgan fingerprint density at radius 1 is 0.750 bits per heavy atom. The Labute approximate surface area is 117 Å². The van der Waals surface area contributed by atoms with Crippen molar-refractivity contribution in [2.75, 3.05) is 0 Å². The van der Waals surface area contributed by atoms with Crippen LogP contribution in [-0.2, 0) is 0 Å². The first-order chi connectivity index (χ1) is 9.93. The molecule has 2 heterocycles. The molecule has 2 nitrogen and oxygen atoms in total. The van der Waals surface area contributed by atoms with Crippen molar-refractivity contribution in [3.05, 3.63) is 82.0 Å². The third-order valence-corrected chi connectivity index (χ3v) is 3.72. The van der Waals surface area contributed by atoms with Crippen LogP contribution in [0.2, 0.25) is 0 Å². The molecule has 0 aromatic heterocycles. The van der Waals surface area contributed by atoms with Gasteiger partial charge in [0.15, 0.2) is 0 Å². The maximum atomic E-state index is 3.38. The minimum atomic E-state index is 1.16. The summed E-state index contributed by atoms with van der Waals surface area (Å²) in [6, 6.07) is 14.8. The molecule has 0 saturated carbocycles. The third kappa shape index (κ3) is 1.66. The lowest BCUT2D eigenvalue weighted by Crippen LogP contribution is -2.28. The molecule has 0 bridgehead atoms. The first-order valence-corrected chi connectivity index (χ1v) is 6.72. The molecule has 0 atom stereocenters. The molecule has 0 spiro atoms. The molecule has 2 heteroatoms. The molecule has 4 rings (SSSR count). The number of hydrogen-bond acceptors (Lipinski definition) is 2. The monoisotopic (exact) mass is 258 g/mol. The van der Waals surface area contributed by atoms with E-state index in [4.69, 9.17) is 0 Å². The predicted octanol–water partition coefficient (Wildman–Crippen LogP) is 1.73. The SMILES string of the molecule is C1=Cc2c3c(ccc2=CN1)=C(c1ccccc1)NC=C3. The second-order valence-electron chi connectivity index (χ2n) is 4.89. The van der Waals surface area contributed by atoms with Crippen molar-refractivity contribution >= 4 is 24.0 Å². The Hall–Kier alpha value is -2.74. The van der Waals surface area contributed by atoms with E-state index < -0.39 is 0 Å². The first-order valence-electron chi connectivity index (χ1n) is 6.72. The highest BCUT2D eigenvalue weighted by Crippen LogP contribution is 2.14. The highest BCUT2D eigenvalue weighted by molar-refractivity contribution is 5.77. The smallest absolute Gasteiger partial charge is 0.0533 e. The second-order valence-corrected chi connectivity index (χ2v) is 4.89. The fraction of sp³-hybridized carbons (Fsp3) is 0. The van der Waals surface area contributed by atoms with E-state index in [1.54, 1.807) is 0 Å². The maximum absolute atomic E-state index is 3.38. The van der Waals surface area contributed by atoms with E-state index in [0.29, 0.717) is 0 Å². The lowest BCUT2D eigenvalue weighted by Gasteiger charge is -2.17. The third-order valence-electron chi connectivity index (χ3n) is 3.72. The zero-order valence-electron chi connectivity index (χ0n) is 10.9. The quantitative estimate of drug-likeness (QED) is 0.814. The van der Waals surface area contributed by atoms with E-state index in [-0.39, 0.29) is 0 Å². The normalized spacial score (nSPS) is 14.7. The lowest BCUT2D eigenvalue weighted by molar-refractivity contribution is 1.17. The van der Waals surface area contributed by atoms with E-state index >= 15 is 0 Å². The maximum Gasteiger partial charge on any atom is 0.0533 e. The molecule has 0 unspecified atom stereocenters. The summed E-state index contributed by atoms with van der Waals surface area (Å²) in [7, 11) is 0. The van der Waals surface area contributed by atoms with E-state index in [9.17, 15) is 0 Å². The van der Waals surface area contributed by atoms with Crippen LogP contribution in [0, 0.1) is 0 Å². The molecule has 0 fully saturated rings. The van der Waals surface area contributed by atoms with Gasteiger partial charge < -0.3 is 10.6 Å². The Morgan fingerprint density at radius 3 is 2.50 bits per heavy atom. The van der Waals surface area contributed by atoms with Crippen molar-refractivity contribution in [2.45, 2.75) is 0 Å². The summed E-state index contributed by atoms with van der Waals surface area (Å²) < 4.78 is 0. The summed E-state index contributed by atoms with van der Waals surface area (Å²) in [5.41, 5.74) is 4.92. The molecule has 20 heavy (non-hydrogen) atoms. The van der Waals surface area contributed by atoms with E-state index in [1.165, 1.54) is 27.1 Å². The van der Waals surface area contributed by atoms with Crippen LogP contribution >= 0.6 is 0 Å².